The van der Waals surface area contributed by atoms with Crippen molar-refractivity contribution in [3.63, 3.8) is 0 Å². The maximum absolute atomic E-state index is 10.7. The summed E-state index contributed by atoms with van der Waals surface area (Å²) in [7, 11) is 1.50. The summed E-state index contributed by atoms with van der Waals surface area (Å²) in [6.07, 6.45) is 0. The molecule has 0 atom stereocenters. The van der Waals surface area contributed by atoms with Gasteiger partial charge in [0.05, 0.1) is 12.2 Å². The van der Waals surface area contributed by atoms with Crippen LogP contribution in [-0.2, 0) is 11.3 Å². The molecule has 13 heavy (non-hydrogen) atoms. The van der Waals surface area contributed by atoms with Gasteiger partial charge in [-0.2, -0.15) is 0 Å². The number of carboxylic acids is 1. The number of nitrogens with two attached hydrogens (primary N) is 1. The fourth-order valence-electron chi connectivity index (χ4n) is 1.11. The lowest BCUT2D eigenvalue weighted by atomic mass is 10.1. The molecule has 0 radical (unpaired) electrons. The van der Waals surface area contributed by atoms with Gasteiger partial charge >= 0.3 is 5.97 Å². The first-order valence-corrected chi connectivity index (χ1v) is 3.76. The number of methoxy groups -OCH3 is 1. The highest BCUT2D eigenvalue weighted by Crippen LogP contribution is 2.17. The van der Waals surface area contributed by atoms with Crippen molar-refractivity contribution in [2.45, 2.75) is 6.61 Å². The Balaban J connectivity index is 3.17. The zero-order valence-corrected chi connectivity index (χ0v) is 7.28. The molecule has 1 rings (SSSR count). The van der Waals surface area contributed by atoms with Crippen molar-refractivity contribution in [3.8, 4) is 0 Å². The van der Waals surface area contributed by atoms with E-state index in [0.717, 1.165) is 0 Å². The molecule has 0 bridgehead atoms. The average molecular weight is 181 g/mol. The van der Waals surface area contributed by atoms with Gasteiger partial charge in [0.25, 0.3) is 0 Å². The fraction of sp³-hybridized carbons (Fsp3) is 0.222. The van der Waals surface area contributed by atoms with Crippen molar-refractivity contribution in [1.29, 1.82) is 0 Å². The monoisotopic (exact) mass is 181 g/mol. The third-order valence-corrected chi connectivity index (χ3v) is 1.73. The van der Waals surface area contributed by atoms with Crippen molar-refractivity contribution in [1.82, 2.24) is 0 Å². The Bertz CT molecular complexity index is 323. The number of benzene rings is 1. The minimum atomic E-state index is -0.987. The van der Waals surface area contributed by atoms with E-state index >= 15 is 0 Å². The molecule has 0 fully saturated rings. The van der Waals surface area contributed by atoms with Crippen molar-refractivity contribution in [2.24, 2.45) is 0 Å². The first kappa shape index (κ1) is 9.54. The number of anilines is 1. The summed E-state index contributed by atoms with van der Waals surface area (Å²) in [4.78, 5) is 10.7. The molecule has 0 aliphatic carbocycles. The molecule has 0 heterocycles. The zero-order valence-electron chi connectivity index (χ0n) is 7.28. The van der Waals surface area contributed by atoms with Crippen molar-refractivity contribution in [2.75, 3.05) is 12.8 Å². The van der Waals surface area contributed by atoms with Crippen LogP contribution < -0.4 is 5.73 Å². The van der Waals surface area contributed by atoms with E-state index in [-0.39, 0.29) is 12.2 Å². The molecule has 0 saturated heterocycles. The van der Waals surface area contributed by atoms with E-state index in [0.29, 0.717) is 11.3 Å². The summed E-state index contributed by atoms with van der Waals surface area (Å²) in [6, 6.07) is 4.77. The van der Waals surface area contributed by atoms with Gasteiger partial charge in [-0.05, 0) is 12.1 Å². The average Bonchev–Trinajstić information content (AvgIpc) is 2.08. The molecule has 0 unspecified atom stereocenters. The van der Waals surface area contributed by atoms with E-state index in [1.165, 1.54) is 13.2 Å². The molecule has 0 saturated carbocycles. The molecular formula is C9H11NO3. The molecule has 1 aromatic carbocycles. The summed E-state index contributed by atoms with van der Waals surface area (Å²) in [5.41, 5.74) is 6.77. The van der Waals surface area contributed by atoms with Crippen LogP contribution in [0.3, 0.4) is 0 Å². The number of carboxylic acid groups (broad SMARTS) is 1. The van der Waals surface area contributed by atoms with Crippen LogP contribution in [0.4, 0.5) is 5.69 Å². The maximum atomic E-state index is 10.7. The van der Waals surface area contributed by atoms with Crippen LogP contribution in [0.2, 0.25) is 0 Å². The minimum Gasteiger partial charge on any atom is -0.478 e. The van der Waals surface area contributed by atoms with Gasteiger partial charge in [-0.15, -0.1) is 0 Å². The Morgan fingerprint density at radius 1 is 1.62 bits per heavy atom. The third kappa shape index (κ3) is 1.97. The van der Waals surface area contributed by atoms with E-state index in [9.17, 15) is 4.79 Å². The lowest BCUT2D eigenvalue weighted by molar-refractivity contribution is 0.0692. The van der Waals surface area contributed by atoms with Crippen molar-refractivity contribution >= 4 is 11.7 Å². The van der Waals surface area contributed by atoms with Gasteiger partial charge in [-0.1, -0.05) is 6.07 Å². The lowest BCUT2D eigenvalue weighted by Gasteiger charge is -2.07. The summed E-state index contributed by atoms with van der Waals surface area (Å²) in [5.74, 6) is -0.987. The van der Waals surface area contributed by atoms with Gasteiger partial charge in [-0.3, -0.25) is 0 Å². The second-order valence-corrected chi connectivity index (χ2v) is 2.61. The first-order chi connectivity index (χ1) is 6.16. The molecular weight excluding hydrogens is 170 g/mol. The predicted octanol–water partition coefficient (Wildman–Crippen LogP) is 1.11. The largest absolute Gasteiger partial charge is 0.478 e. The summed E-state index contributed by atoms with van der Waals surface area (Å²) in [5, 5.41) is 8.81. The standard InChI is InChI=1S/C9H11NO3/c1-13-5-7-6(9(11)12)3-2-4-8(7)10/h2-4H,5,10H2,1H3,(H,11,12). The lowest BCUT2D eigenvalue weighted by Crippen LogP contribution is -2.06. The highest BCUT2D eigenvalue weighted by atomic mass is 16.5. The number of nitrogen functional groups attached to an aromatic ring is 1. The van der Waals surface area contributed by atoms with E-state index in [2.05, 4.69) is 0 Å². The molecule has 4 nitrogen and oxygen atoms in total. The van der Waals surface area contributed by atoms with E-state index in [4.69, 9.17) is 15.6 Å². The molecule has 0 amide bonds. The van der Waals surface area contributed by atoms with E-state index in [1.807, 2.05) is 0 Å². The summed E-state index contributed by atoms with van der Waals surface area (Å²) >= 11 is 0. The number of rotatable bonds is 3. The zero-order chi connectivity index (χ0) is 9.84. The Labute approximate surface area is 75.9 Å². The van der Waals surface area contributed by atoms with Gasteiger partial charge < -0.3 is 15.6 Å². The first-order valence-electron chi connectivity index (χ1n) is 3.76. The Hall–Kier alpha value is -1.55. The van der Waals surface area contributed by atoms with Crippen molar-refractivity contribution in [3.05, 3.63) is 29.3 Å². The fourth-order valence-corrected chi connectivity index (χ4v) is 1.11. The highest BCUT2D eigenvalue weighted by Gasteiger charge is 2.11. The molecule has 0 aliphatic rings. The van der Waals surface area contributed by atoms with Crippen LogP contribution in [0, 0.1) is 0 Å². The molecule has 0 aromatic heterocycles. The second kappa shape index (κ2) is 3.91. The molecule has 0 aliphatic heterocycles. The third-order valence-electron chi connectivity index (χ3n) is 1.73. The molecule has 0 spiro atoms. The summed E-state index contributed by atoms with van der Waals surface area (Å²) < 4.78 is 4.86. The van der Waals surface area contributed by atoms with Crippen molar-refractivity contribution < 1.29 is 14.6 Å². The van der Waals surface area contributed by atoms with Crippen LogP contribution >= 0.6 is 0 Å². The highest BCUT2D eigenvalue weighted by molar-refractivity contribution is 5.91. The SMILES string of the molecule is COCc1c(N)cccc1C(=O)O. The van der Waals surface area contributed by atoms with Crippen LogP contribution in [0.1, 0.15) is 15.9 Å². The predicted molar refractivity (Wildman–Crippen MR) is 48.5 cm³/mol. The van der Waals surface area contributed by atoms with Gasteiger partial charge in [0.15, 0.2) is 0 Å². The number of hydrogen-bond donors (Lipinski definition) is 2. The number of carbonyl (C=O) groups is 1. The van der Waals surface area contributed by atoms with E-state index < -0.39 is 5.97 Å². The quantitative estimate of drug-likeness (QED) is 0.685. The van der Waals surface area contributed by atoms with Gasteiger partial charge in [-0.25, -0.2) is 4.79 Å². The van der Waals surface area contributed by atoms with Gasteiger partial charge in [0.1, 0.15) is 0 Å². The molecule has 1 aromatic rings. The molecule has 4 heteroatoms. The minimum absolute atomic E-state index is 0.196. The maximum Gasteiger partial charge on any atom is 0.336 e. The topological polar surface area (TPSA) is 72.5 Å². The van der Waals surface area contributed by atoms with Crippen LogP contribution in [0.15, 0.2) is 18.2 Å². The smallest absolute Gasteiger partial charge is 0.336 e. The Morgan fingerprint density at radius 3 is 2.85 bits per heavy atom. The Kier molecular flexibility index (Phi) is 2.87. The number of aromatic carboxylic acids is 1. The molecule has 70 valence electrons. The number of hydrogen-bond acceptors (Lipinski definition) is 3. The van der Waals surface area contributed by atoms with E-state index in [1.54, 1.807) is 12.1 Å². The second-order valence-electron chi connectivity index (χ2n) is 2.61. The van der Waals surface area contributed by atoms with Gasteiger partial charge in [0.2, 0.25) is 0 Å². The summed E-state index contributed by atoms with van der Waals surface area (Å²) in [6.45, 7) is 0.217. The molecule has 3 N–H and O–H groups in total. The Morgan fingerprint density at radius 2 is 2.31 bits per heavy atom. The normalized spacial score (nSPS) is 9.92. The van der Waals surface area contributed by atoms with Crippen LogP contribution in [0.25, 0.3) is 0 Å². The van der Waals surface area contributed by atoms with Crippen LogP contribution in [0.5, 0.6) is 0 Å². The van der Waals surface area contributed by atoms with Crippen LogP contribution in [-0.4, -0.2) is 18.2 Å². The number of ether oxygens (including phenoxy) is 1. The van der Waals surface area contributed by atoms with Gasteiger partial charge in [0, 0.05) is 18.4 Å².